The number of nitrogens with one attached hydrogen (secondary N) is 1. The van der Waals surface area contributed by atoms with Gasteiger partial charge < -0.3 is 10.1 Å². The maximum atomic E-state index is 12.1. The van der Waals surface area contributed by atoms with Crippen molar-refractivity contribution in [1.29, 1.82) is 0 Å². The summed E-state index contributed by atoms with van der Waals surface area (Å²) < 4.78 is 4.84. The summed E-state index contributed by atoms with van der Waals surface area (Å²) in [5.74, 6) is -1.000. The van der Waals surface area contributed by atoms with Crippen LogP contribution in [0, 0.1) is 17.0 Å². The zero-order chi connectivity index (χ0) is 20.0. The fraction of sp³-hybridized carbons (Fsp3) is 0.222. The Morgan fingerprint density at radius 3 is 2.63 bits per heavy atom. The number of benzene rings is 2. The Hall–Kier alpha value is -2.58. The Balaban J connectivity index is 2.07. The minimum atomic E-state index is -0.633. The first-order valence-electron chi connectivity index (χ1n) is 7.96. The van der Waals surface area contributed by atoms with E-state index in [0.717, 1.165) is 23.4 Å². The van der Waals surface area contributed by atoms with Crippen molar-refractivity contribution in [3.05, 3.63) is 62.7 Å². The highest BCUT2D eigenvalue weighted by Gasteiger charge is 2.19. The fourth-order valence-electron chi connectivity index (χ4n) is 2.13. The third-order valence-corrected chi connectivity index (χ3v) is 4.95. The minimum absolute atomic E-state index is 0.0366. The van der Waals surface area contributed by atoms with E-state index in [1.54, 1.807) is 25.1 Å². The number of carbonyl (C=O) groups is 2. The van der Waals surface area contributed by atoms with Gasteiger partial charge in [0.15, 0.2) is 0 Å². The van der Waals surface area contributed by atoms with Crippen LogP contribution in [-0.2, 0) is 9.53 Å². The van der Waals surface area contributed by atoms with Crippen LogP contribution in [0.3, 0.4) is 0 Å². The molecule has 0 aliphatic carbocycles. The largest absolute Gasteiger partial charge is 0.462 e. The number of nitro benzene ring substituents is 1. The number of carbonyl (C=O) groups excluding carboxylic acids is 2. The van der Waals surface area contributed by atoms with Crippen molar-refractivity contribution in [2.45, 2.75) is 18.7 Å². The number of esters is 1. The lowest BCUT2D eigenvalue weighted by molar-refractivity contribution is -0.387. The molecule has 0 radical (unpaired) electrons. The van der Waals surface area contributed by atoms with Crippen LogP contribution < -0.4 is 5.32 Å². The van der Waals surface area contributed by atoms with Gasteiger partial charge in [-0.3, -0.25) is 14.9 Å². The maximum Gasteiger partial charge on any atom is 0.338 e. The topological polar surface area (TPSA) is 98.5 Å². The van der Waals surface area contributed by atoms with Crippen molar-refractivity contribution in [2.75, 3.05) is 17.7 Å². The minimum Gasteiger partial charge on any atom is -0.462 e. The standard InChI is InChI=1S/C18H17ClN2O5S/c1-3-26-18(23)12-5-7-16(15(8-12)21(24)25)27-10-17(22)20-13-6-4-11(2)14(19)9-13/h4-9H,3,10H2,1-2H3,(H,20,22). The van der Waals surface area contributed by atoms with E-state index in [0.29, 0.717) is 10.7 Å². The average Bonchev–Trinajstić information content (AvgIpc) is 2.63. The fourth-order valence-corrected chi connectivity index (χ4v) is 3.12. The van der Waals surface area contributed by atoms with Gasteiger partial charge in [-0.05, 0) is 43.7 Å². The maximum absolute atomic E-state index is 12.1. The van der Waals surface area contributed by atoms with E-state index in [4.69, 9.17) is 16.3 Å². The Morgan fingerprint density at radius 2 is 2.00 bits per heavy atom. The number of thioether (sulfide) groups is 1. The summed E-state index contributed by atoms with van der Waals surface area (Å²) in [6.45, 7) is 3.67. The molecular formula is C18H17ClN2O5S. The number of aryl methyl sites for hydroxylation is 1. The van der Waals surface area contributed by atoms with Crippen molar-refractivity contribution in [2.24, 2.45) is 0 Å². The second kappa shape index (κ2) is 9.38. The van der Waals surface area contributed by atoms with Crippen molar-refractivity contribution in [3.8, 4) is 0 Å². The van der Waals surface area contributed by atoms with Crippen molar-refractivity contribution >= 4 is 46.6 Å². The van der Waals surface area contributed by atoms with Crippen LogP contribution in [0.15, 0.2) is 41.3 Å². The normalized spacial score (nSPS) is 10.3. The molecule has 0 aromatic heterocycles. The van der Waals surface area contributed by atoms with Crippen LogP contribution in [0.5, 0.6) is 0 Å². The molecule has 0 spiro atoms. The Bertz CT molecular complexity index is 888. The van der Waals surface area contributed by atoms with Crippen LogP contribution >= 0.6 is 23.4 Å². The van der Waals surface area contributed by atoms with E-state index in [9.17, 15) is 19.7 Å². The molecule has 2 aromatic rings. The highest BCUT2D eigenvalue weighted by atomic mass is 35.5. The molecule has 0 aliphatic rings. The molecule has 0 saturated heterocycles. The molecule has 2 aromatic carbocycles. The van der Waals surface area contributed by atoms with E-state index >= 15 is 0 Å². The van der Waals surface area contributed by atoms with Gasteiger partial charge in [-0.25, -0.2) is 4.79 Å². The van der Waals surface area contributed by atoms with Crippen LogP contribution in [-0.4, -0.2) is 29.2 Å². The molecule has 1 N–H and O–H groups in total. The lowest BCUT2D eigenvalue weighted by atomic mass is 10.2. The van der Waals surface area contributed by atoms with Gasteiger partial charge in [0.25, 0.3) is 5.69 Å². The quantitative estimate of drug-likeness (QED) is 0.314. The van der Waals surface area contributed by atoms with Crippen molar-refractivity contribution in [1.82, 2.24) is 0 Å². The van der Waals surface area contributed by atoms with Gasteiger partial charge in [0.1, 0.15) is 0 Å². The number of amides is 1. The number of hydrogen-bond donors (Lipinski definition) is 1. The van der Waals surface area contributed by atoms with Gasteiger partial charge in [-0.2, -0.15) is 0 Å². The van der Waals surface area contributed by atoms with Gasteiger partial charge in [0.2, 0.25) is 5.91 Å². The number of nitrogens with zero attached hydrogens (tertiary/aromatic N) is 1. The number of nitro groups is 1. The Kier molecular flexibility index (Phi) is 7.20. The molecule has 1 amide bonds. The molecule has 0 heterocycles. The SMILES string of the molecule is CCOC(=O)c1ccc(SCC(=O)Nc2ccc(C)c(Cl)c2)c([N+](=O)[O-])c1. The first-order chi connectivity index (χ1) is 12.8. The summed E-state index contributed by atoms with van der Waals surface area (Å²) in [5.41, 5.74) is 1.27. The van der Waals surface area contributed by atoms with E-state index < -0.39 is 10.9 Å². The third kappa shape index (κ3) is 5.70. The second-order valence-electron chi connectivity index (χ2n) is 5.46. The molecule has 0 aliphatic heterocycles. The molecule has 0 atom stereocenters. The van der Waals surface area contributed by atoms with E-state index in [1.807, 2.05) is 6.92 Å². The molecule has 0 unspecified atom stereocenters. The number of halogens is 1. The van der Waals surface area contributed by atoms with Crippen LogP contribution in [0.1, 0.15) is 22.8 Å². The van der Waals surface area contributed by atoms with Crippen LogP contribution in [0.2, 0.25) is 5.02 Å². The lowest BCUT2D eigenvalue weighted by Crippen LogP contribution is -2.14. The summed E-state index contributed by atoms with van der Waals surface area (Å²) in [6, 6.07) is 9.16. The number of anilines is 1. The van der Waals surface area contributed by atoms with Gasteiger partial charge in [0, 0.05) is 16.8 Å². The summed E-state index contributed by atoms with van der Waals surface area (Å²) in [7, 11) is 0. The molecule has 7 nitrogen and oxygen atoms in total. The molecule has 2 rings (SSSR count). The van der Waals surface area contributed by atoms with E-state index in [1.165, 1.54) is 12.1 Å². The van der Waals surface area contributed by atoms with Crippen LogP contribution in [0.4, 0.5) is 11.4 Å². The molecule has 142 valence electrons. The first-order valence-corrected chi connectivity index (χ1v) is 9.32. The second-order valence-corrected chi connectivity index (χ2v) is 6.89. The molecular weight excluding hydrogens is 392 g/mol. The first kappa shape index (κ1) is 20.7. The average molecular weight is 409 g/mol. The van der Waals surface area contributed by atoms with Gasteiger partial charge >= 0.3 is 5.97 Å². The van der Waals surface area contributed by atoms with Gasteiger partial charge in [-0.15, -0.1) is 11.8 Å². The van der Waals surface area contributed by atoms with Crippen molar-refractivity contribution in [3.63, 3.8) is 0 Å². The number of ether oxygens (including phenoxy) is 1. The predicted molar refractivity (Wildman–Crippen MR) is 105 cm³/mol. The lowest BCUT2D eigenvalue weighted by Gasteiger charge is -2.08. The summed E-state index contributed by atoms with van der Waals surface area (Å²) >= 11 is 7.02. The molecule has 9 heteroatoms. The molecule has 27 heavy (non-hydrogen) atoms. The Morgan fingerprint density at radius 1 is 1.26 bits per heavy atom. The predicted octanol–water partition coefficient (Wildman–Crippen LogP) is 4.46. The highest BCUT2D eigenvalue weighted by molar-refractivity contribution is 8.00. The zero-order valence-electron chi connectivity index (χ0n) is 14.7. The monoisotopic (exact) mass is 408 g/mol. The van der Waals surface area contributed by atoms with Gasteiger partial charge in [0.05, 0.1) is 27.7 Å². The zero-order valence-corrected chi connectivity index (χ0v) is 16.2. The highest BCUT2D eigenvalue weighted by Crippen LogP contribution is 2.30. The molecule has 0 saturated carbocycles. The number of rotatable bonds is 7. The van der Waals surface area contributed by atoms with Crippen molar-refractivity contribution < 1.29 is 19.2 Å². The Labute approximate surface area is 165 Å². The number of hydrogen-bond acceptors (Lipinski definition) is 6. The van der Waals surface area contributed by atoms with Crippen LogP contribution in [0.25, 0.3) is 0 Å². The third-order valence-electron chi connectivity index (χ3n) is 3.48. The van der Waals surface area contributed by atoms with E-state index in [-0.39, 0.29) is 34.4 Å². The summed E-state index contributed by atoms with van der Waals surface area (Å²) in [5, 5.41) is 14.5. The van der Waals surface area contributed by atoms with Gasteiger partial charge in [-0.1, -0.05) is 17.7 Å². The molecule has 0 bridgehead atoms. The van der Waals surface area contributed by atoms with E-state index in [2.05, 4.69) is 5.32 Å². The summed E-state index contributed by atoms with van der Waals surface area (Å²) in [4.78, 5) is 34.8. The smallest absolute Gasteiger partial charge is 0.338 e. The summed E-state index contributed by atoms with van der Waals surface area (Å²) in [6.07, 6.45) is 0. The molecule has 0 fully saturated rings.